The summed E-state index contributed by atoms with van der Waals surface area (Å²) in [6.45, 7) is 5.25. The lowest BCUT2D eigenvalue weighted by atomic mass is 10.1. The Labute approximate surface area is 171 Å². The molecule has 2 heterocycles. The molecule has 4 rings (SSSR count). The molecule has 0 amide bonds. The van der Waals surface area contributed by atoms with Gasteiger partial charge in [-0.25, -0.2) is 8.42 Å². The second-order valence-corrected chi connectivity index (χ2v) is 9.31. The number of nitrogens with zero attached hydrogens (tertiary/aromatic N) is 4. The van der Waals surface area contributed by atoms with Gasteiger partial charge < -0.3 is 10.1 Å². The van der Waals surface area contributed by atoms with Gasteiger partial charge in [0.15, 0.2) is 0 Å². The fourth-order valence-electron chi connectivity index (χ4n) is 4.03. The van der Waals surface area contributed by atoms with E-state index in [9.17, 15) is 13.6 Å². The molecule has 154 valence electrons. The SMILES string of the molecule is O=S1(=O)c2ccccc2/C(=N/O)CN1CCCN1CCN(c2ccccc2)CC1. The van der Waals surface area contributed by atoms with E-state index in [0.29, 0.717) is 17.8 Å². The summed E-state index contributed by atoms with van der Waals surface area (Å²) >= 11 is 0. The number of fused-ring (bicyclic) bond motifs is 1. The summed E-state index contributed by atoms with van der Waals surface area (Å²) in [5.41, 5.74) is 2.14. The number of oxime groups is 1. The molecular formula is C21H26N4O3S. The molecule has 8 heteroatoms. The molecule has 0 atom stereocenters. The van der Waals surface area contributed by atoms with Crippen molar-refractivity contribution in [1.82, 2.24) is 9.21 Å². The molecule has 7 nitrogen and oxygen atoms in total. The van der Waals surface area contributed by atoms with Gasteiger partial charge >= 0.3 is 0 Å². The van der Waals surface area contributed by atoms with Crippen molar-refractivity contribution in [2.45, 2.75) is 11.3 Å². The Hall–Kier alpha value is -2.42. The Balaban J connectivity index is 1.32. The van der Waals surface area contributed by atoms with Crippen LogP contribution in [-0.4, -0.2) is 74.4 Å². The fourth-order valence-corrected chi connectivity index (χ4v) is 5.68. The van der Waals surface area contributed by atoms with Gasteiger partial charge in [-0.1, -0.05) is 41.6 Å². The van der Waals surface area contributed by atoms with Gasteiger partial charge in [-0.05, 0) is 31.2 Å². The van der Waals surface area contributed by atoms with Gasteiger partial charge in [0, 0.05) is 44.0 Å². The summed E-state index contributed by atoms with van der Waals surface area (Å²) in [7, 11) is -3.56. The number of hydrogen-bond donors (Lipinski definition) is 1. The highest BCUT2D eigenvalue weighted by Gasteiger charge is 2.34. The van der Waals surface area contributed by atoms with Crippen LogP contribution in [0.15, 0.2) is 64.6 Å². The molecule has 2 aliphatic rings. The summed E-state index contributed by atoms with van der Waals surface area (Å²) in [5.74, 6) is 0. The number of piperazine rings is 1. The van der Waals surface area contributed by atoms with Gasteiger partial charge in [0.2, 0.25) is 10.0 Å². The highest BCUT2D eigenvalue weighted by Crippen LogP contribution is 2.26. The molecule has 0 unspecified atom stereocenters. The van der Waals surface area contributed by atoms with Crippen LogP contribution >= 0.6 is 0 Å². The number of rotatable bonds is 5. The second kappa shape index (κ2) is 8.52. The number of anilines is 1. The third-order valence-corrected chi connectivity index (χ3v) is 7.54. The van der Waals surface area contributed by atoms with Crippen LogP contribution in [0, 0.1) is 0 Å². The number of hydrogen-bond acceptors (Lipinski definition) is 6. The molecular weight excluding hydrogens is 388 g/mol. The highest BCUT2D eigenvalue weighted by atomic mass is 32.2. The van der Waals surface area contributed by atoms with Crippen LogP contribution in [0.4, 0.5) is 5.69 Å². The van der Waals surface area contributed by atoms with E-state index < -0.39 is 10.0 Å². The van der Waals surface area contributed by atoms with Crippen LogP contribution in [-0.2, 0) is 10.0 Å². The quantitative estimate of drug-likeness (QED) is 0.599. The average Bonchev–Trinajstić information content (AvgIpc) is 2.76. The van der Waals surface area contributed by atoms with E-state index in [-0.39, 0.29) is 11.4 Å². The molecule has 1 fully saturated rings. The maximum Gasteiger partial charge on any atom is 0.244 e. The average molecular weight is 415 g/mol. The molecule has 0 radical (unpaired) electrons. The molecule has 1 N–H and O–H groups in total. The first kappa shape index (κ1) is 19.9. The number of benzene rings is 2. The van der Waals surface area contributed by atoms with Crippen LogP contribution in [0.25, 0.3) is 0 Å². The van der Waals surface area contributed by atoms with E-state index >= 15 is 0 Å². The topological polar surface area (TPSA) is 76.4 Å². The smallest absolute Gasteiger partial charge is 0.244 e. The first-order valence-corrected chi connectivity index (χ1v) is 11.4. The van der Waals surface area contributed by atoms with Gasteiger partial charge in [-0.2, -0.15) is 4.31 Å². The predicted molar refractivity (Wildman–Crippen MR) is 113 cm³/mol. The molecule has 29 heavy (non-hydrogen) atoms. The highest BCUT2D eigenvalue weighted by molar-refractivity contribution is 7.89. The van der Waals surface area contributed by atoms with E-state index in [2.05, 4.69) is 39.2 Å². The van der Waals surface area contributed by atoms with E-state index in [0.717, 1.165) is 39.1 Å². The van der Waals surface area contributed by atoms with Crippen molar-refractivity contribution >= 4 is 21.4 Å². The summed E-state index contributed by atoms with van der Waals surface area (Å²) in [5, 5.41) is 12.7. The first-order valence-electron chi connectivity index (χ1n) is 9.92. The Kier molecular flexibility index (Phi) is 5.84. The lowest BCUT2D eigenvalue weighted by Crippen LogP contribution is -2.47. The van der Waals surface area contributed by atoms with E-state index in [1.54, 1.807) is 24.3 Å². The van der Waals surface area contributed by atoms with Crippen LogP contribution < -0.4 is 4.90 Å². The monoisotopic (exact) mass is 414 g/mol. The molecule has 2 aromatic rings. The van der Waals surface area contributed by atoms with Crippen molar-refractivity contribution in [3.8, 4) is 0 Å². The van der Waals surface area contributed by atoms with Crippen LogP contribution in [0.1, 0.15) is 12.0 Å². The van der Waals surface area contributed by atoms with E-state index in [4.69, 9.17) is 0 Å². The van der Waals surface area contributed by atoms with Crippen LogP contribution in [0.2, 0.25) is 0 Å². The van der Waals surface area contributed by atoms with E-state index in [1.165, 1.54) is 9.99 Å². The lowest BCUT2D eigenvalue weighted by molar-refractivity contribution is 0.247. The normalized spacial score (nSPS) is 21.2. The number of sulfonamides is 1. The standard InChI is InChI=1S/C21H26N4O3S/c26-22-20-17-25(29(27,28)21-10-5-4-9-19(20)21)12-6-11-23-13-15-24(16-14-23)18-7-2-1-3-8-18/h1-5,7-10,26H,6,11-17H2/b22-20+. The van der Waals surface area contributed by atoms with Crippen LogP contribution in [0.5, 0.6) is 0 Å². The Morgan fingerprint density at radius 2 is 1.59 bits per heavy atom. The van der Waals surface area contributed by atoms with Crippen LogP contribution in [0.3, 0.4) is 0 Å². The zero-order valence-corrected chi connectivity index (χ0v) is 17.1. The maximum atomic E-state index is 12.9. The number of para-hydroxylation sites is 1. The fraction of sp³-hybridized carbons (Fsp3) is 0.381. The third kappa shape index (κ3) is 4.14. The van der Waals surface area contributed by atoms with E-state index in [1.807, 2.05) is 6.07 Å². The summed E-state index contributed by atoms with van der Waals surface area (Å²) in [4.78, 5) is 4.98. The molecule has 0 aliphatic carbocycles. The zero-order chi connectivity index (χ0) is 20.3. The van der Waals surface area contributed by atoms with Crippen molar-refractivity contribution in [2.24, 2.45) is 5.16 Å². The minimum Gasteiger partial charge on any atom is -0.411 e. The Morgan fingerprint density at radius 3 is 2.31 bits per heavy atom. The minimum absolute atomic E-state index is 0.109. The first-order chi connectivity index (χ1) is 14.1. The van der Waals surface area contributed by atoms with Crippen molar-refractivity contribution in [3.05, 3.63) is 60.2 Å². The second-order valence-electron chi connectivity index (χ2n) is 7.40. The van der Waals surface area contributed by atoms with Gasteiger partial charge in [0.1, 0.15) is 5.71 Å². The van der Waals surface area contributed by atoms with Crippen molar-refractivity contribution in [2.75, 3.05) is 50.7 Å². The molecule has 0 bridgehead atoms. The molecule has 0 aromatic heterocycles. The summed E-state index contributed by atoms with van der Waals surface area (Å²) in [6, 6.07) is 17.1. The van der Waals surface area contributed by atoms with Gasteiger partial charge in [-0.15, -0.1) is 0 Å². The van der Waals surface area contributed by atoms with Crippen molar-refractivity contribution in [3.63, 3.8) is 0 Å². The predicted octanol–water partition coefficient (Wildman–Crippen LogP) is 2.08. The zero-order valence-electron chi connectivity index (χ0n) is 16.3. The molecule has 2 aliphatic heterocycles. The van der Waals surface area contributed by atoms with Gasteiger partial charge in [0.25, 0.3) is 0 Å². The minimum atomic E-state index is -3.56. The third-order valence-electron chi connectivity index (χ3n) is 5.64. The summed E-state index contributed by atoms with van der Waals surface area (Å²) < 4.78 is 27.3. The Bertz CT molecular complexity index is 970. The lowest BCUT2D eigenvalue weighted by Gasteiger charge is -2.36. The molecule has 2 aromatic carbocycles. The van der Waals surface area contributed by atoms with Crippen molar-refractivity contribution in [1.29, 1.82) is 0 Å². The Morgan fingerprint density at radius 1 is 0.897 bits per heavy atom. The molecule has 1 saturated heterocycles. The van der Waals surface area contributed by atoms with Gasteiger partial charge in [-0.3, -0.25) is 4.90 Å². The van der Waals surface area contributed by atoms with Gasteiger partial charge in [0.05, 0.1) is 11.4 Å². The van der Waals surface area contributed by atoms with Crippen molar-refractivity contribution < 1.29 is 13.6 Å². The maximum absolute atomic E-state index is 12.9. The largest absolute Gasteiger partial charge is 0.411 e. The molecule has 0 saturated carbocycles. The summed E-state index contributed by atoms with van der Waals surface area (Å²) in [6.07, 6.45) is 0.742. The molecule has 0 spiro atoms.